The zero-order valence-electron chi connectivity index (χ0n) is 27.4. The zero-order valence-corrected chi connectivity index (χ0v) is 27.4. The van der Waals surface area contributed by atoms with Crippen LogP contribution in [0, 0.1) is 0 Å². The van der Waals surface area contributed by atoms with E-state index in [4.69, 9.17) is 5.11 Å². The number of amides is 1. The van der Waals surface area contributed by atoms with Crippen molar-refractivity contribution in [2.75, 3.05) is 27.2 Å². The second-order valence-corrected chi connectivity index (χ2v) is 12.5. The molecule has 244 valence electrons. The molecule has 0 heterocycles. The predicted octanol–water partition coefficient (Wildman–Crippen LogP) is 9.87. The van der Waals surface area contributed by atoms with Crippen LogP contribution in [0.5, 0.6) is 0 Å². The van der Waals surface area contributed by atoms with Crippen LogP contribution in [0.4, 0.5) is 8.78 Å². The van der Waals surface area contributed by atoms with Gasteiger partial charge in [-0.3, -0.25) is 4.79 Å². The van der Waals surface area contributed by atoms with Crippen LogP contribution in [-0.2, 0) is 9.59 Å². The maximum atomic E-state index is 13.5. The first-order valence-electron chi connectivity index (χ1n) is 17.2. The highest BCUT2D eigenvalue weighted by atomic mass is 19.3. The third kappa shape index (κ3) is 23.0. The van der Waals surface area contributed by atoms with Crippen molar-refractivity contribution in [3.05, 3.63) is 0 Å². The van der Waals surface area contributed by atoms with Gasteiger partial charge in [-0.25, -0.2) is 4.79 Å². The van der Waals surface area contributed by atoms with Gasteiger partial charge in [0.25, 0.3) is 0 Å². The maximum absolute atomic E-state index is 13.5. The Kier molecular flexibility index (Phi) is 25.6. The zero-order chi connectivity index (χ0) is 30.8. The van der Waals surface area contributed by atoms with Crippen molar-refractivity contribution in [2.45, 2.75) is 180 Å². The van der Waals surface area contributed by atoms with E-state index in [-0.39, 0.29) is 18.4 Å². The van der Waals surface area contributed by atoms with Crippen LogP contribution in [0.2, 0.25) is 0 Å². The topological polar surface area (TPSA) is 60.9 Å². The largest absolute Gasteiger partial charge is 0.477 e. The number of alkyl halides is 2. The Morgan fingerprint density at radius 2 is 1.07 bits per heavy atom. The van der Waals surface area contributed by atoms with Crippen LogP contribution < -0.4 is 0 Å². The second-order valence-electron chi connectivity index (χ2n) is 12.5. The molecule has 0 aliphatic heterocycles. The molecule has 1 N–H and O–H groups in total. The number of nitrogens with zero attached hydrogens (tertiary/aromatic N) is 2. The van der Waals surface area contributed by atoms with E-state index in [1.807, 2.05) is 14.1 Å². The number of unbranched alkanes of at least 4 members (excludes halogenated alkanes) is 16. The van der Waals surface area contributed by atoms with E-state index in [9.17, 15) is 18.4 Å². The van der Waals surface area contributed by atoms with Gasteiger partial charge in [0.2, 0.25) is 5.91 Å². The third-order valence-corrected chi connectivity index (χ3v) is 8.24. The fraction of sp³-hybridized carbons (Fsp3) is 0.941. The van der Waals surface area contributed by atoms with E-state index in [0.717, 1.165) is 64.5 Å². The molecule has 0 aromatic heterocycles. The second kappa shape index (κ2) is 26.4. The Morgan fingerprint density at radius 1 is 0.634 bits per heavy atom. The van der Waals surface area contributed by atoms with Gasteiger partial charge in [0.05, 0.1) is 0 Å². The number of aliphatic carboxylic acids is 1. The molecule has 0 aliphatic carbocycles. The van der Waals surface area contributed by atoms with Crippen molar-refractivity contribution in [1.82, 2.24) is 9.80 Å². The van der Waals surface area contributed by atoms with Crippen LogP contribution in [0.3, 0.4) is 0 Å². The SMILES string of the molecule is CCCCCCCCCCN(C(=O)CCCN(C)C)C(CCCCCCCCC)CCCCCCC(F)(F)C(=O)O. The summed E-state index contributed by atoms with van der Waals surface area (Å²) in [6.45, 7) is 6.20. The minimum atomic E-state index is -3.63. The number of rotatable bonds is 30. The highest BCUT2D eigenvalue weighted by Gasteiger charge is 2.37. The van der Waals surface area contributed by atoms with Gasteiger partial charge in [0, 0.05) is 25.4 Å². The number of carboxylic acid groups (broad SMARTS) is 1. The Hall–Kier alpha value is -1.24. The Labute approximate surface area is 252 Å². The quantitative estimate of drug-likeness (QED) is 0.0848. The van der Waals surface area contributed by atoms with E-state index in [0.29, 0.717) is 12.8 Å². The van der Waals surface area contributed by atoms with Crippen LogP contribution in [0.15, 0.2) is 0 Å². The van der Waals surface area contributed by atoms with Crippen LogP contribution in [0.25, 0.3) is 0 Å². The summed E-state index contributed by atoms with van der Waals surface area (Å²) in [6, 6.07) is 0.211. The minimum Gasteiger partial charge on any atom is -0.477 e. The summed E-state index contributed by atoms with van der Waals surface area (Å²) in [5, 5.41) is 8.65. The van der Waals surface area contributed by atoms with Crippen molar-refractivity contribution in [1.29, 1.82) is 0 Å². The molecular weight excluding hydrogens is 522 g/mol. The third-order valence-electron chi connectivity index (χ3n) is 8.24. The molecule has 0 rings (SSSR count). The van der Waals surface area contributed by atoms with Crippen molar-refractivity contribution in [3.63, 3.8) is 0 Å². The highest BCUT2D eigenvalue weighted by Crippen LogP contribution is 2.24. The highest BCUT2D eigenvalue weighted by molar-refractivity contribution is 5.76. The molecule has 0 fully saturated rings. The fourth-order valence-electron chi connectivity index (χ4n) is 5.60. The Bertz CT molecular complexity index is 631. The van der Waals surface area contributed by atoms with Crippen molar-refractivity contribution in [3.8, 4) is 0 Å². The molecule has 1 amide bonds. The summed E-state index contributed by atoms with van der Waals surface area (Å²) < 4.78 is 26.8. The monoisotopic (exact) mass is 589 g/mol. The summed E-state index contributed by atoms with van der Waals surface area (Å²) in [6.07, 6.45) is 23.9. The molecule has 5 nitrogen and oxygen atoms in total. The van der Waals surface area contributed by atoms with Gasteiger partial charge in [-0.1, -0.05) is 123 Å². The lowest BCUT2D eigenvalue weighted by Gasteiger charge is -2.33. The Morgan fingerprint density at radius 3 is 1.54 bits per heavy atom. The van der Waals surface area contributed by atoms with Crippen LogP contribution in [-0.4, -0.2) is 65.9 Å². The average molecular weight is 589 g/mol. The van der Waals surface area contributed by atoms with Crippen molar-refractivity contribution >= 4 is 11.9 Å². The van der Waals surface area contributed by atoms with Crippen molar-refractivity contribution < 1.29 is 23.5 Å². The number of carbonyl (C=O) groups excluding carboxylic acids is 1. The number of hydrogen-bond acceptors (Lipinski definition) is 3. The molecule has 0 saturated carbocycles. The van der Waals surface area contributed by atoms with Crippen molar-refractivity contribution in [2.24, 2.45) is 0 Å². The van der Waals surface area contributed by atoms with Gasteiger partial charge in [-0.15, -0.1) is 0 Å². The van der Waals surface area contributed by atoms with Crippen LogP contribution >= 0.6 is 0 Å². The number of halogens is 2. The molecule has 0 aromatic carbocycles. The molecule has 1 unspecified atom stereocenters. The summed E-state index contributed by atoms with van der Waals surface area (Å²) in [5.74, 6) is -5.40. The summed E-state index contributed by atoms with van der Waals surface area (Å²) in [5.41, 5.74) is 0. The minimum absolute atomic E-state index is 0.211. The van der Waals surface area contributed by atoms with E-state index in [1.54, 1.807) is 0 Å². The summed E-state index contributed by atoms with van der Waals surface area (Å²) in [4.78, 5) is 28.5. The molecule has 0 aliphatic rings. The van der Waals surface area contributed by atoms with Gasteiger partial charge in [0.15, 0.2) is 0 Å². The molecule has 1 atom stereocenters. The normalized spacial score (nSPS) is 12.7. The molecule has 7 heteroatoms. The molecule has 0 aromatic rings. The molecule has 41 heavy (non-hydrogen) atoms. The number of carbonyl (C=O) groups is 2. The first-order chi connectivity index (χ1) is 19.7. The standard InChI is InChI=1S/C34H66F2N2O3/c1-5-7-9-11-13-15-19-23-30-38(32(39)27-24-29-37(3)4)31(25-20-16-14-12-10-8-6-2)26-21-17-18-22-28-34(35,36)33(40)41/h31H,5-30H2,1-4H3,(H,40,41). The van der Waals surface area contributed by atoms with E-state index in [2.05, 4.69) is 23.6 Å². The average Bonchev–Trinajstić information content (AvgIpc) is 2.92. The maximum Gasteiger partial charge on any atom is 0.374 e. The Balaban J connectivity index is 5.04. The lowest BCUT2D eigenvalue weighted by atomic mass is 9.97. The smallest absolute Gasteiger partial charge is 0.374 e. The van der Waals surface area contributed by atoms with E-state index in [1.165, 1.54) is 77.0 Å². The summed E-state index contributed by atoms with van der Waals surface area (Å²) in [7, 11) is 4.08. The van der Waals surface area contributed by atoms with E-state index < -0.39 is 18.3 Å². The number of carboxylic acids is 1. The van der Waals surface area contributed by atoms with Gasteiger partial charge in [0.1, 0.15) is 0 Å². The van der Waals surface area contributed by atoms with E-state index >= 15 is 0 Å². The van der Waals surface area contributed by atoms with Crippen LogP contribution in [0.1, 0.15) is 168 Å². The molecule has 0 saturated heterocycles. The van der Waals surface area contributed by atoms with Gasteiger partial charge in [-0.2, -0.15) is 8.78 Å². The molecular formula is C34H66F2N2O3. The molecule has 0 radical (unpaired) electrons. The predicted molar refractivity (Wildman–Crippen MR) is 169 cm³/mol. The fourth-order valence-corrected chi connectivity index (χ4v) is 5.60. The van der Waals surface area contributed by atoms with Gasteiger partial charge < -0.3 is 14.9 Å². The lowest BCUT2D eigenvalue weighted by Crippen LogP contribution is -2.41. The first-order valence-corrected chi connectivity index (χ1v) is 17.2. The molecule has 0 spiro atoms. The summed E-state index contributed by atoms with van der Waals surface area (Å²) >= 11 is 0. The molecule has 0 bridgehead atoms. The van der Waals surface area contributed by atoms with Gasteiger partial charge in [-0.05, 0) is 52.7 Å². The lowest BCUT2D eigenvalue weighted by molar-refractivity contribution is -0.165. The number of hydrogen-bond donors (Lipinski definition) is 1. The first kappa shape index (κ1) is 39.8. The van der Waals surface area contributed by atoms with Gasteiger partial charge >= 0.3 is 11.9 Å².